The Morgan fingerprint density at radius 1 is 1.19 bits per heavy atom. The fourth-order valence-electron chi connectivity index (χ4n) is 0.741. The Morgan fingerprint density at radius 2 is 1.81 bits per heavy atom. The molecule has 1 N–H and O–H groups in total. The Labute approximate surface area is 92.8 Å². The standard InChI is InChI=1S/C10H14O6/c1-3-15-10(14)7(2)6-16-9(13)5-4-8(11)12/h2-6H2,1H3,(H,11,12). The number of carbonyl (C=O) groups is 3. The minimum absolute atomic E-state index is 0.0190. The zero-order chi connectivity index (χ0) is 12.6. The van der Waals surface area contributed by atoms with Crippen molar-refractivity contribution in [2.45, 2.75) is 19.8 Å². The zero-order valence-corrected chi connectivity index (χ0v) is 9.02. The van der Waals surface area contributed by atoms with E-state index in [1.807, 2.05) is 0 Å². The fraction of sp³-hybridized carbons (Fsp3) is 0.500. The number of carboxylic acids is 1. The van der Waals surface area contributed by atoms with E-state index in [-0.39, 0.29) is 31.6 Å². The van der Waals surface area contributed by atoms with Crippen molar-refractivity contribution in [3.8, 4) is 0 Å². The van der Waals surface area contributed by atoms with E-state index >= 15 is 0 Å². The molecule has 0 aliphatic carbocycles. The lowest BCUT2D eigenvalue weighted by atomic mass is 10.3. The van der Waals surface area contributed by atoms with Crippen LogP contribution in [0.3, 0.4) is 0 Å². The number of aliphatic carboxylic acids is 1. The molecule has 0 unspecified atom stereocenters. The van der Waals surface area contributed by atoms with Gasteiger partial charge in [0.2, 0.25) is 0 Å². The molecule has 90 valence electrons. The van der Waals surface area contributed by atoms with Gasteiger partial charge in [-0.25, -0.2) is 4.79 Å². The van der Waals surface area contributed by atoms with Crippen LogP contribution in [0.1, 0.15) is 19.8 Å². The average Bonchev–Trinajstić information content (AvgIpc) is 2.23. The maximum Gasteiger partial charge on any atom is 0.336 e. The van der Waals surface area contributed by atoms with Crippen LogP contribution in [-0.4, -0.2) is 36.2 Å². The van der Waals surface area contributed by atoms with Crippen molar-refractivity contribution >= 4 is 17.9 Å². The van der Waals surface area contributed by atoms with Crippen LogP contribution in [0.4, 0.5) is 0 Å². The summed E-state index contributed by atoms with van der Waals surface area (Å²) in [5.74, 6) is -2.40. The summed E-state index contributed by atoms with van der Waals surface area (Å²) in [6, 6.07) is 0. The highest BCUT2D eigenvalue weighted by atomic mass is 16.5. The van der Waals surface area contributed by atoms with Crippen LogP contribution in [0.2, 0.25) is 0 Å². The number of hydrogen-bond donors (Lipinski definition) is 1. The van der Waals surface area contributed by atoms with Crippen molar-refractivity contribution in [1.82, 2.24) is 0 Å². The summed E-state index contributed by atoms with van der Waals surface area (Å²) in [6.45, 7) is 4.95. The molecule has 0 fully saturated rings. The Balaban J connectivity index is 3.79. The third kappa shape index (κ3) is 6.58. The van der Waals surface area contributed by atoms with Crippen LogP contribution in [0, 0.1) is 0 Å². The maximum atomic E-state index is 11.0. The van der Waals surface area contributed by atoms with E-state index in [1.54, 1.807) is 6.92 Å². The number of ether oxygens (including phenoxy) is 2. The van der Waals surface area contributed by atoms with Gasteiger partial charge in [0, 0.05) is 0 Å². The molecule has 6 nitrogen and oxygen atoms in total. The summed E-state index contributed by atoms with van der Waals surface area (Å²) in [6.07, 6.45) is -0.532. The largest absolute Gasteiger partial charge is 0.481 e. The second-order valence-corrected chi connectivity index (χ2v) is 2.88. The van der Waals surface area contributed by atoms with Crippen LogP contribution in [0.5, 0.6) is 0 Å². The third-order valence-electron chi connectivity index (χ3n) is 1.51. The van der Waals surface area contributed by atoms with Crippen LogP contribution in [0.25, 0.3) is 0 Å². The van der Waals surface area contributed by atoms with Gasteiger partial charge in [0.05, 0.1) is 25.0 Å². The van der Waals surface area contributed by atoms with Crippen molar-refractivity contribution < 1.29 is 29.0 Å². The number of hydrogen-bond acceptors (Lipinski definition) is 5. The van der Waals surface area contributed by atoms with E-state index in [2.05, 4.69) is 16.1 Å². The summed E-state index contributed by atoms with van der Waals surface area (Å²) >= 11 is 0. The molecule has 6 heteroatoms. The van der Waals surface area contributed by atoms with Crippen molar-refractivity contribution in [2.75, 3.05) is 13.2 Å². The van der Waals surface area contributed by atoms with Gasteiger partial charge in [-0.15, -0.1) is 0 Å². The lowest BCUT2D eigenvalue weighted by Crippen LogP contribution is -2.15. The van der Waals surface area contributed by atoms with Gasteiger partial charge < -0.3 is 14.6 Å². The highest BCUT2D eigenvalue weighted by Crippen LogP contribution is 1.99. The number of rotatable bonds is 7. The average molecular weight is 230 g/mol. The molecule has 0 aromatic heterocycles. The first kappa shape index (κ1) is 14.2. The Bertz CT molecular complexity index is 294. The van der Waals surface area contributed by atoms with Gasteiger partial charge in [-0.1, -0.05) is 6.58 Å². The zero-order valence-electron chi connectivity index (χ0n) is 9.02. The SMILES string of the molecule is C=C(COC(=O)CCC(=O)O)C(=O)OCC. The molecule has 0 aliphatic rings. The van der Waals surface area contributed by atoms with Gasteiger partial charge in [-0.2, -0.15) is 0 Å². The van der Waals surface area contributed by atoms with E-state index in [0.29, 0.717) is 0 Å². The molecular weight excluding hydrogens is 216 g/mol. The van der Waals surface area contributed by atoms with E-state index in [9.17, 15) is 14.4 Å². The molecule has 16 heavy (non-hydrogen) atoms. The number of carbonyl (C=O) groups excluding carboxylic acids is 2. The highest BCUT2D eigenvalue weighted by Gasteiger charge is 2.11. The molecule has 0 saturated carbocycles. The highest BCUT2D eigenvalue weighted by molar-refractivity contribution is 5.88. The predicted octanol–water partition coefficient (Wildman–Crippen LogP) is 0.514. The minimum atomic E-state index is -1.08. The van der Waals surface area contributed by atoms with Crippen LogP contribution in [0.15, 0.2) is 12.2 Å². The first-order valence-corrected chi connectivity index (χ1v) is 4.69. The molecule has 0 amide bonds. The fourth-order valence-corrected chi connectivity index (χ4v) is 0.741. The van der Waals surface area contributed by atoms with Crippen molar-refractivity contribution in [1.29, 1.82) is 0 Å². The maximum absolute atomic E-state index is 11.0. The molecule has 0 spiro atoms. The summed E-state index contributed by atoms with van der Waals surface area (Å²) < 4.78 is 9.23. The Morgan fingerprint density at radius 3 is 2.31 bits per heavy atom. The molecule has 0 saturated heterocycles. The number of esters is 2. The van der Waals surface area contributed by atoms with Gasteiger partial charge in [0.25, 0.3) is 0 Å². The van der Waals surface area contributed by atoms with E-state index in [0.717, 1.165) is 0 Å². The molecule has 0 bridgehead atoms. The Hall–Kier alpha value is -1.85. The Kier molecular flexibility index (Phi) is 6.58. The van der Waals surface area contributed by atoms with Crippen LogP contribution >= 0.6 is 0 Å². The monoisotopic (exact) mass is 230 g/mol. The molecule has 0 radical (unpaired) electrons. The minimum Gasteiger partial charge on any atom is -0.481 e. The van der Waals surface area contributed by atoms with Gasteiger partial charge in [-0.3, -0.25) is 9.59 Å². The second-order valence-electron chi connectivity index (χ2n) is 2.88. The summed E-state index contributed by atoms with van der Waals surface area (Å²) in [4.78, 5) is 32.1. The smallest absolute Gasteiger partial charge is 0.336 e. The van der Waals surface area contributed by atoms with Crippen molar-refractivity contribution in [3.63, 3.8) is 0 Å². The molecule has 0 rings (SSSR count). The van der Waals surface area contributed by atoms with E-state index in [4.69, 9.17) is 5.11 Å². The molecule has 0 aliphatic heterocycles. The van der Waals surface area contributed by atoms with Crippen LogP contribution in [-0.2, 0) is 23.9 Å². The van der Waals surface area contributed by atoms with Crippen molar-refractivity contribution in [2.24, 2.45) is 0 Å². The topological polar surface area (TPSA) is 89.9 Å². The van der Waals surface area contributed by atoms with Gasteiger partial charge in [0.15, 0.2) is 0 Å². The molecular formula is C10H14O6. The lowest BCUT2D eigenvalue weighted by molar-refractivity contribution is -0.148. The third-order valence-corrected chi connectivity index (χ3v) is 1.51. The molecule has 0 aromatic rings. The summed E-state index contributed by atoms with van der Waals surface area (Å²) in [5, 5.41) is 8.30. The van der Waals surface area contributed by atoms with Gasteiger partial charge in [0.1, 0.15) is 6.61 Å². The first-order chi connectivity index (χ1) is 7.47. The lowest BCUT2D eigenvalue weighted by Gasteiger charge is -2.06. The van der Waals surface area contributed by atoms with E-state index < -0.39 is 17.9 Å². The predicted molar refractivity (Wildman–Crippen MR) is 53.6 cm³/mol. The quantitative estimate of drug-likeness (QED) is 0.506. The molecule has 0 atom stereocenters. The number of carboxylic acid groups (broad SMARTS) is 1. The van der Waals surface area contributed by atoms with E-state index in [1.165, 1.54) is 0 Å². The first-order valence-electron chi connectivity index (χ1n) is 4.69. The van der Waals surface area contributed by atoms with Gasteiger partial charge >= 0.3 is 17.9 Å². The molecule has 0 heterocycles. The normalized spacial score (nSPS) is 9.31. The van der Waals surface area contributed by atoms with Crippen molar-refractivity contribution in [3.05, 3.63) is 12.2 Å². The summed E-state index contributed by atoms with van der Waals surface area (Å²) in [7, 11) is 0. The second kappa shape index (κ2) is 7.44. The summed E-state index contributed by atoms with van der Waals surface area (Å²) in [5.41, 5.74) is 0.0190. The van der Waals surface area contributed by atoms with Gasteiger partial charge in [-0.05, 0) is 6.92 Å². The van der Waals surface area contributed by atoms with Crippen LogP contribution < -0.4 is 0 Å². The molecule has 0 aromatic carbocycles.